The quantitative estimate of drug-likeness (QED) is 0.420. The van der Waals surface area contributed by atoms with E-state index in [4.69, 9.17) is 0 Å². The van der Waals surface area contributed by atoms with Crippen LogP contribution in [0.2, 0.25) is 0 Å². The van der Waals surface area contributed by atoms with Gasteiger partial charge in [-0.2, -0.15) is 10.2 Å². The molecule has 2 aromatic carbocycles. The first-order valence-corrected chi connectivity index (χ1v) is 11.0. The normalized spacial score (nSPS) is 12.6. The fourth-order valence-electron chi connectivity index (χ4n) is 4.01. The number of amides is 4. The van der Waals surface area contributed by atoms with E-state index >= 15 is 0 Å². The monoisotopic (exact) mass is 483 g/mol. The number of aryl methyl sites for hydroxylation is 2. The number of anilines is 3. The molecule has 0 spiro atoms. The summed E-state index contributed by atoms with van der Waals surface area (Å²) in [5.41, 5.74) is 2.73. The van der Waals surface area contributed by atoms with Gasteiger partial charge in [0.1, 0.15) is 5.69 Å². The summed E-state index contributed by atoms with van der Waals surface area (Å²) in [7, 11) is 3.35. The van der Waals surface area contributed by atoms with E-state index in [2.05, 4.69) is 20.8 Å². The SMILES string of the molecule is Cc1c(NC(=O)c2c(NC(=O)c3cccc(N4C(=O)c5ccccc5C4=O)c3)cnn2C)cnn1C. The van der Waals surface area contributed by atoms with E-state index in [1.165, 1.54) is 23.1 Å². The maximum atomic E-state index is 13.1. The molecule has 4 amide bonds. The highest BCUT2D eigenvalue weighted by molar-refractivity contribution is 6.34. The summed E-state index contributed by atoms with van der Waals surface area (Å²) in [5.74, 6) is -1.91. The van der Waals surface area contributed by atoms with Crippen LogP contribution in [-0.4, -0.2) is 43.2 Å². The maximum Gasteiger partial charge on any atom is 0.276 e. The van der Waals surface area contributed by atoms with Crippen molar-refractivity contribution in [3.63, 3.8) is 0 Å². The van der Waals surface area contributed by atoms with Gasteiger partial charge in [0, 0.05) is 19.7 Å². The summed E-state index contributed by atoms with van der Waals surface area (Å²) in [4.78, 5) is 52.7. The van der Waals surface area contributed by atoms with Crippen molar-refractivity contribution in [2.24, 2.45) is 14.1 Å². The number of carbonyl (C=O) groups excluding carboxylic acids is 4. The zero-order chi connectivity index (χ0) is 25.6. The van der Waals surface area contributed by atoms with Crippen LogP contribution in [0.25, 0.3) is 0 Å². The molecule has 5 rings (SSSR count). The molecule has 0 unspecified atom stereocenters. The van der Waals surface area contributed by atoms with Gasteiger partial charge in [0.2, 0.25) is 0 Å². The van der Waals surface area contributed by atoms with Gasteiger partial charge in [-0.1, -0.05) is 18.2 Å². The van der Waals surface area contributed by atoms with Crippen molar-refractivity contribution < 1.29 is 19.2 Å². The van der Waals surface area contributed by atoms with Crippen LogP contribution in [0.3, 0.4) is 0 Å². The molecule has 11 nitrogen and oxygen atoms in total. The first-order chi connectivity index (χ1) is 17.3. The lowest BCUT2D eigenvalue weighted by molar-refractivity contribution is 0.0922. The molecule has 0 bridgehead atoms. The van der Waals surface area contributed by atoms with Crippen LogP contribution < -0.4 is 15.5 Å². The van der Waals surface area contributed by atoms with Crippen LogP contribution >= 0.6 is 0 Å². The molecule has 3 heterocycles. The predicted molar refractivity (Wildman–Crippen MR) is 131 cm³/mol. The van der Waals surface area contributed by atoms with Gasteiger partial charge in [-0.15, -0.1) is 0 Å². The number of hydrogen-bond donors (Lipinski definition) is 2. The van der Waals surface area contributed by atoms with Crippen molar-refractivity contribution >= 4 is 40.7 Å². The Balaban J connectivity index is 1.38. The second-order valence-electron chi connectivity index (χ2n) is 8.25. The first-order valence-electron chi connectivity index (χ1n) is 11.0. The minimum absolute atomic E-state index is 0.142. The number of imide groups is 1. The molecule has 11 heteroatoms. The Morgan fingerprint density at radius 2 is 1.39 bits per heavy atom. The minimum atomic E-state index is -0.534. The Morgan fingerprint density at radius 1 is 0.778 bits per heavy atom. The molecule has 0 saturated carbocycles. The topological polar surface area (TPSA) is 131 Å². The van der Waals surface area contributed by atoms with Crippen molar-refractivity contribution in [1.29, 1.82) is 0 Å². The van der Waals surface area contributed by atoms with Gasteiger partial charge in [-0.25, -0.2) is 4.90 Å². The summed E-state index contributed by atoms with van der Waals surface area (Å²) in [5, 5.41) is 13.7. The molecule has 180 valence electrons. The summed E-state index contributed by atoms with van der Waals surface area (Å²) in [6.45, 7) is 1.82. The van der Waals surface area contributed by atoms with Gasteiger partial charge < -0.3 is 10.6 Å². The van der Waals surface area contributed by atoms with E-state index in [-0.39, 0.29) is 22.6 Å². The van der Waals surface area contributed by atoms with Gasteiger partial charge >= 0.3 is 0 Å². The van der Waals surface area contributed by atoms with Crippen LogP contribution in [0.1, 0.15) is 47.3 Å². The lowest BCUT2D eigenvalue weighted by Gasteiger charge is -2.15. The molecule has 2 N–H and O–H groups in total. The molecular weight excluding hydrogens is 462 g/mol. The van der Waals surface area contributed by atoms with Crippen molar-refractivity contribution in [2.45, 2.75) is 6.92 Å². The third-order valence-electron chi connectivity index (χ3n) is 6.05. The lowest BCUT2D eigenvalue weighted by Crippen LogP contribution is -2.29. The van der Waals surface area contributed by atoms with E-state index < -0.39 is 23.6 Å². The maximum absolute atomic E-state index is 13.1. The molecule has 0 radical (unpaired) electrons. The van der Waals surface area contributed by atoms with Crippen LogP contribution in [0, 0.1) is 6.92 Å². The average molecular weight is 483 g/mol. The molecule has 0 aliphatic carbocycles. The molecule has 2 aromatic heterocycles. The second-order valence-corrected chi connectivity index (χ2v) is 8.25. The lowest BCUT2D eigenvalue weighted by atomic mass is 10.1. The third kappa shape index (κ3) is 3.72. The molecule has 1 aliphatic heterocycles. The van der Waals surface area contributed by atoms with Crippen LogP contribution in [0.5, 0.6) is 0 Å². The fourth-order valence-corrected chi connectivity index (χ4v) is 4.01. The molecular formula is C25H21N7O4. The summed E-state index contributed by atoms with van der Waals surface area (Å²) < 4.78 is 2.98. The van der Waals surface area contributed by atoms with E-state index in [1.807, 2.05) is 6.92 Å². The smallest absolute Gasteiger partial charge is 0.276 e. The number of aromatic nitrogens is 4. The summed E-state index contributed by atoms with van der Waals surface area (Å²) in [6.07, 6.45) is 2.91. The van der Waals surface area contributed by atoms with Crippen LogP contribution in [0.4, 0.5) is 17.1 Å². The Hall–Kier alpha value is -5.06. The Kier molecular flexibility index (Phi) is 5.44. The number of benzene rings is 2. The number of hydrogen-bond acceptors (Lipinski definition) is 6. The van der Waals surface area contributed by atoms with E-state index in [9.17, 15) is 19.2 Å². The average Bonchev–Trinajstić information content (AvgIpc) is 3.48. The van der Waals surface area contributed by atoms with Crippen LogP contribution in [0.15, 0.2) is 60.9 Å². The Bertz CT molecular complexity index is 1530. The third-order valence-corrected chi connectivity index (χ3v) is 6.05. The number of rotatable bonds is 5. The van der Waals surface area contributed by atoms with Gasteiger partial charge in [0.05, 0.1) is 46.3 Å². The Morgan fingerprint density at radius 3 is 2.03 bits per heavy atom. The zero-order valence-corrected chi connectivity index (χ0v) is 19.6. The highest BCUT2D eigenvalue weighted by Crippen LogP contribution is 2.29. The zero-order valence-electron chi connectivity index (χ0n) is 19.6. The molecule has 4 aromatic rings. The molecule has 0 fully saturated rings. The minimum Gasteiger partial charge on any atom is -0.319 e. The first kappa shape index (κ1) is 22.7. The van der Waals surface area contributed by atoms with Crippen molar-refractivity contribution in [3.05, 3.63) is 89.0 Å². The van der Waals surface area contributed by atoms with Gasteiger partial charge in [-0.3, -0.25) is 28.5 Å². The van der Waals surface area contributed by atoms with Crippen molar-refractivity contribution in [2.75, 3.05) is 15.5 Å². The van der Waals surface area contributed by atoms with E-state index in [0.717, 1.165) is 10.6 Å². The molecule has 0 saturated heterocycles. The van der Waals surface area contributed by atoms with Crippen molar-refractivity contribution in [1.82, 2.24) is 19.6 Å². The van der Waals surface area contributed by atoms with E-state index in [1.54, 1.807) is 61.2 Å². The van der Waals surface area contributed by atoms with Gasteiger partial charge in [-0.05, 0) is 37.3 Å². The molecule has 36 heavy (non-hydrogen) atoms. The fraction of sp³-hybridized carbons (Fsp3) is 0.120. The Labute approximate surface area is 205 Å². The van der Waals surface area contributed by atoms with Crippen molar-refractivity contribution in [3.8, 4) is 0 Å². The molecule has 1 aliphatic rings. The van der Waals surface area contributed by atoms with E-state index in [0.29, 0.717) is 16.8 Å². The number of nitrogens with one attached hydrogen (secondary N) is 2. The largest absolute Gasteiger partial charge is 0.319 e. The van der Waals surface area contributed by atoms with Crippen LogP contribution in [-0.2, 0) is 14.1 Å². The highest BCUT2D eigenvalue weighted by atomic mass is 16.2. The number of fused-ring (bicyclic) bond motifs is 1. The standard InChI is InChI=1S/C25H21N7O4/c1-14-19(12-26-30(14)2)28-23(34)21-20(13-27-31(21)3)29-22(33)15-7-6-8-16(11-15)32-24(35)17-9-4-5-10-18(17)25(32)36/h4-13H,1-3H3,(H,28,34)(H,29,33). The second kappa shape index (κ2) is 8.62. The number of nitrogens with zero attached hydrogens (tertiary/aromatic N) is 5. The van der Waals surface area contributed by atoms with Gasteiger partial charge in [0.15, 0.2) is 0 Å². The van der Waals surface area contributed by atoms with Gasteiger partial charge in [0.25, 0.3) is 23.6 Å². The number of carbonyl (C=O) groups is 4. The highest BCUT2D eigenvalue weighted by Gasteiger charge is 2.36. The summed E-state index contributed by atoms with van der Waals surface area (Å²) >= 11 is 0. The predicted octanol–water partition coefficient (Wildman–Crippen LogP) is 2.77. The molecule has 0 atom stereocenters. The summed E-state index contributed by atoms with van der Waals surface area (Å²) in [6, 6.07) is 12.7.